The molecule has 7 heteroatoms. The van der Waals surface area contributed by atoms with Crippen molar-refractivity contribution in [2.75, 3.05) is 6.61 Å². The molecule has 154 valence electrons. The highest BCUT2D eigenvalue weighted by atomic mass is 16.5. The van der Waals surface area contributed by atoms with E-state index in [0.717, 1.165) is 16.3 Å². The number of carbonyl (C=O) groups is 1. The second-order valence-corrected chi connectivity index (χ2v) is 7.96. The zero-order valence-electron chi connectivity index (χ0n) is 17.2. The first kappa shape index (κ1) is 20.6. The maximum absolute atomic E-state index is 13.0. The molecule has 3 aromatic rings. The largest absolute Gasteiger partial charge is 0.491 e. The smallest absolute Gasteiger partial charge is 0.404 e. The second kappa shape index (κ2) is 8.51. The summed E-state index contributed by atoms with van der Waals surface area (Å²) < 4.78 is 7.65. The Morgan fingerprint density at radius 2 is 1.93 bits per heavy atom. The average molecular weight is 397 g/mol. The van der Waals surface area contributed by atoms with Crippen LogP contribution in [-0.2, 0) is 0 Å². The van der Waals surface area contributed by atoms with E-state index in [-0.39, 0.29) is 24.2 Å². The molecular formula is C22H27N3O4. The highest BCUT2D eigenvalue weighted by Gasteiger charge is 2.16. The van der Waals surface area contributed by atoms with Crippen LogP contribution in [0.25, 0.3) is 21.7 Å². The van der Waals surface area contributed by atoms with E-state index in [1.54, 1.807) is 17.0 Å². The van der Waals surface area contributed by atoms with Gasteiger partial charge >= 0.3 is 6.09 Å². The molecule has 1 atom stereocenters. The summed E-state index contributed by atoms with van der Waals surface area (Å²) in [4.78, 5) is 28.2. The third-order valence-electron chi connectivity index (χ3n) is 4.84. The predicted octanol–water partition coefficient (Wildman–Crippen LogP) is 4.19. The van der Waals surface area contributed by atoms with Gasteiger partial charge in [0.1, 0.15) is 12.4 Å². The number of ether oxygens (including phenoxy) is 1. The van der Waals surface area contributed by atoms with E-state index in [0.29, 0.717) is 23.5 Å². The van der Waals surface area contributed by atoms with Gasteiger partial charge in [-0.15, -0.1) is 0 Å². The SMILES string of the molecule is CC(C)CC(COc1ccc2c3ccncc3c(=O)n(C(C)C)c2c1)NC(=O)O. The molecule has 0 aliphatic carbocycles. The van der Waals surface area contributed by atoms with E-state index in [9.17, 15) is 9.59 Å². The van der Waals surface area contributed by atoms with Crippen molar-refractivity contribution in [2.45, 2.75) is 46.2 Å². The minimum Gasteiger partial charge on any atom is -0.491 e. The molecule has 1 amide bonds. The number of carboxylic acid groups (broad SMARTS) is 1. The molecule has 0 saturated heterocycles. The lowest BCUT2D eigenvalue weighted by Gasteiger charge is -2.20. The lowest BCUT2D eigenvalue weighted by atomic mass is 10.0. The molecule has 0 spiro atoms. The Morgan fingerprint density at radius 3 is 2.59 bits per heavy atom. The molecule has 0 bridgehead atoms. The van der Waals surface area contributed by atoms with Gasteiger partial charge in [0, 0.05) is 29.9 Å². The van der Waals surface area contributed by atoms with Crippen LogP contribution in [0.15, 0.2) is 41.5 Å². The minimum absolute atomic E-state index is 0.0350. The van der Waals surface area contributed by atoms with Crippen LogP contribution in [0, 0.1) is 5.92 Å². The highest BCUT2D eigenvalue weighted by Crippen LogP contribution is 2.28. The van der Waals surface area contributed by atoms with Gasteiger partial charge in [0.15, 0.2) is 0 Å². The molecule has 0 radical (unpaired) electrons. The molecular weight excluding hydrogens is 370 g/mol. The number of pyridine rings is 2. The van der Waals surface area contributed by atoms with Crippen molar-refractivity contribution in [3.63, 3.8) is 0 Å². The monoisotopic (exact) mass is 397 g/mol. The van der Waals surface area contributed by atoms with Gasteiger partial charge in [0.05, 0.1) is 16.9 Å². The number of rotatable bonds is 7. The fourth-order valence-corrected chi connectivity index (χ4v) is 3.69. The van der Waals surface area contributed by atoms with E-state index in [2.05, 4.69) is 10.3 Å². The van der Waals surface area contributed by atoms with Crippen molar-refractivity contribution in [3.05, 3.63) is 47.0 Å². The van der Waals surface area contributed by atoms with E-state index in [4.69, 9.17) is 9.84 Å². The predicted molar refractivity (Wildman–Crippen MR) is 114 cm³/mol. The van der Waals surface area contributed by atoms with Crippen LogP contribution in [-0.4, -0.2) is 33.4 Å². The number of nitrogens with one attached hydrogen (secondary N) is 1. The third-order valence-corrected chi connectivity index (χ3v) is 4.84. The van der Waals surface area contributed by atoms with Crippen molar-refractivity contribution in [2.24, 2.45) is 5.92 Å². The Bertz CT molecular complexity index is 1090. The summed E-state index contributed by atoms with van der Waals surface area (Å²) in [6.07, 6.45) is 2.90. The zero-order valence-corrected chi connectivity index (χ0v) is 17.2. The van der Waals surface area contributed by atoms with E-state index < -0.39 is 6.09 Å². The van der Waals surface area contributed by atoms with Gasteiger partial charge in [0.25, 0.3) is 5.56 Å². The maximum Gasteiger partial charge on any atom is 0.404 e. The molecule has 2 heterocycles. The molecule has 0 aliphatic heterocycles. The van der Waals surface area contributed by atoms with Crippen molar-refractivity contribution >= 4 is 27.8 Å². The van der Waals surface area contributed by atoms with Gasteiger partial charge in [-0.05, 0) is 49.8 Å². The molecule has 2 aromatic heterocycles. The van der Waals surface area contributed by atoms with E-state index in [1.807, 2.05) is 52.0 Å². The van der Waals surface area contributed by atoms with Crippen LogP contribution in [0.2, 0.25) is 0 Å². The van der Waals surface area contributed by atoms with Crippen LogP contribution in [0.5, 0.6) is 5.75 Å². The van der Waals surface area contributed by atoms with Crippen molar-refractivity contribution in [1.29, 1.82) is 0 Å². The molecule has 0 fully saturated rings. The first-order chi connectivity index (χ1) is 13.8. The zero-order chi connectivity index (χ0) is 21.1. The summed E-state index contributed by atoms with van der Waals surface area (Å²) in [5.74, 6) is 0.929. The number of amides is 1. The average Bonchev–Trinajstić information content (AvgIpc) is 2.65. The van der Waals surface area contributed by atoms with Gasteiger partial charge in [-0.2, -0.15) is 0 Å². The maximum atomic E-state index is 13.0. The quantitative estimate of drug-likeness (QED) is 0.583. The normalized spacial score (nSPS) is 12.6. The van der Waals surface area contributed by atoms with Gasteiger partial charge in [-0.1, -0.05) is 13.8 Å². The lowest BCUT2D eigenvalue weighted by Crippen LogP contribution is -2.39. The summed E-state index contributed by atoms with van der Waals surface area (Å²) >= 11 is 0. The number of hydrogen-bond donors (Lipinski definition) is 2. The summed E-state index contributed by atoms with van der Waals surface area (Å²) in [6.45, 7) is 8.22. The molecule has 3 rings (SSSR count). The summed E-state index contributed by atoms with van der Waals surface area (Å²) in [5, 5.41) is 14.0. The van der Waals surface area contributed by atoms with Gasteiger partial charge < -0.3 is 19.7 Å². The number of nitrogens with zero attached hydrogens (tertiary/aromatic N) is 2. The Balaban J connectivity index is 2.01. The van der Waals surface area contributed by atoms with Crippen LogP contribution in [0.4, 0.5) is 4.79 Å². The van der Waals surface area contributed by atoms with Crippen LogP contribution < -0.4 is 15.6 Å². The second-order valence-electron chi connectivity index (χ2n) is 7.96. The van der Waals surface area contributed by atoms with Gasteiger partial charge in [-0.3, -0.25) is 9.78 Å². The Labute approximate surface area is 169 Å². The molecule has 0 aliphatic rings. The minimum atomic E-state index is -1.06. The number of aromatic nitrogens is 2. The Hall–Kier alpha value is -3.09. The first-order valence-corrected chi connectivity index (χ1v) is 9.82. The number of fused-ring (bicyclic) bond motifs is 3. The number of hydrogen-bond acceptors (Lipinski definition) is 4. The Kier molecular flexibility index (Phi) is 6.06. The van der Waals surface area contributed by atoms with Crippen molar-refractivity contribution < 1.29 is 14.6 Å². The third kappa shape index (κ3) is 4.50. The topological polar surface area (TPSA) is 93.5 Å². The molecule has 7 nitrogen and oxygen atoms in total. The van der Waals surface area contributed by atoms with E-state index >= 15 is 0 Å². The van der Waals surface area contributed by atoms with Gasteiger partial charge in [-0.25, -0.2) is 4.79 Å². The van der Waals surface area contributed by atoms with Crippen LogP contribution in [0.1, 0.15) is 40.2 Å². The molecule has 1 unspecified atom stereocenters. The Morgan fingerprint density at radius 1 is 1.17 bits per heavy atom. The molecule has 1 aromatic carbocycles. The summed E-state index contributed by atoms with van der Waals surface area (Å²) in [5.41, 5.74) is 0.700. The van der Waals surface area contributed by atoms with Crippen molar-refractivity contribution in [1.82, 2.24) is 14.9 Å². The van der Waals surface area contributed by atoms with Crippen LogP contribution >= 0.6 is 0 Å². The fourth-order valence-electron chi connectivity index (χ4n) is 3.69. The van der Waals surface area contributed by atoms with E-state index in [1.165, 1.54) is 0 Å². The van der Waals surface area contributed by atoms with Gasteiger partial charge in [0.2, 0.25) is 0 Å². The summed E-state index contributed by atoms with van der Waals surface area (Å²) in [7, 11) is 0. The fraction of sp³-hybridized carbons (Fsp3) is 0.409. The lowest BCUT2D eigenvalue weighted by molar-refractivity contribution is 0.176. The first-order valence-electron chi connectivity index (χ1n) is 9.82. The summed E-state index contributed by atoms with van der Waals surface area (Å²) in [6, 6.07) is 7.15. The van der Waals surface area contributed by atoms with Crippen molar-refractivity contribution in [3.8, 4) is 5.75 Å². The highest BCUT2D eigenvalue weighted by molar-refractivity contribution is 6.05. The molecule has 0 saturated carbocycles. The molecule has 2 N–H and O–H groups in total. The standard InChI is InChI=1S/C22H27N3O4/c1-13(2)9-15(24-22(27)28)12-29-16-5-6-18-17-7-8-23-11-19(17)21(26)25(14(3)4)20(18)10-16/h5-8,10-11,13-15,24H,9,12H2,1-4H3,(H,27,28). The number of benzene rings is 1. The molecule has 29 heavy (non-hydrogen) atoms. The van der Waals surface area contributed by atoms with Crippen LogP contribution in [0.3, 0.4) is 0 Å².